The largest absolute Gasteiger partial charge is 0.458 e. The number of halogens is 1. The second kappa shape index (κ2) is 6.71. The smallest absolute Gasteiger partial charge is 0.340 e. The Hall–Kier alpha value is -2.63. The van der Waals surface area contributed by atoms with Crippen LogP contribution in [-0.2, 0) is 33.5 Å². The molecule has 0 spiro atoms. The summed E-state index contributed by atoms with van der Waals surface area (Å²) in [6.45, 7) is 2.25. The van der Waals surface area contributed by atoms with Crippen LogP contribution in [0.5, 0.6) is 0 Å². The highest BCUT2D eigenvalue weighted by atomic mass is 31.1. The van der Waals surface area contributed by atoms with Crippen molar-refractivity contribution in [2.24, 2.45) is 0 Å². The van der Waals surface area contributed by atoms with Gasteiger partial charge in [-0.1, -0.05) is 0 Å². The van der Waals surface area contributed by atoms with Gasteiger partial charge in [0.05, 0.1) is 22.2 Å². The molecule has 0 fully saturated rings. The van der Waals surface area contributed by atoms with Crippen LogP contribution in [0.2, 0.25) is 0 Å². The van der Waals surface area contributed by atoms with Gasteiger partial charge in [0.1, 0.15) is 12.4 Å². The second-order valence-corrected chi connectivity index (χ2v) is 8.26. The fourth-order valence-electron chi connectivity index (χ4n) is 4.51. The van der Waals surface area contributed by atoms with Gasteiger partial charge in [0.2, 0.25) is 0 Å². The minimum Gasteiger partial charge on any atom is -0.458 e. The number of aryl methyl sites for hydroxylation is 2. The van der Waals surface area contributed by atoms with Gasteiger partial charge in [-0.2, -0.15) is 0 Å². The van der Waals surface area contributed by atoms with Crippen LogP contribution in [0.4, 0.5) is 4.39 Å². The first-order valence-corrected chi connectivity index (χ1v) is 10.3. The van der Waals surface area contributed by atoms with Crippen LogP contribution in [0.3, 0.4) is 0 Å². The van der Waals surface area contributed by atoms with Crippen LogP contribution in [-0.4, -0.2) is 28.8 Å². The summed E-state index contributed by atoms with van der Waals surface area (Å²) in [7, 11) is -0.313. The van der Waals surface area contributed by atoms with E-state index in [1.54, 1.807) is 6.08 Å². The first-order valence-electron chi connectivity index (χ1n) is 9.50. The summed E-state index contributed by atoms with van der Waals surface area (Å²) in [6, 6.07) is 1.48. The van der Waals surface area contributed by atoms with E-state index < -0.39 is 12.1 Å². The number of hydrogen-bond acceptors (Lipinski definition) is 6. The Labute approximate surface area is 167 Å². The third kappa shape index (κ3) is 2.72. The minimum atomic E-state index is -1.50. The van der Waals surface area contributed by atoms with E-state index in [2.05, 4.69) is 5.32 Å². The van der Waals surface area contributed by atoms with Crippen molar-refractivity contribution in [3.05, 3.63) is 56.8 Å². The van der Waals surface area contributed by atoms with Gasteiger partial charge in [-0.25, -0.2) is 14.2 Å². The van der Waals surface area contributed by atoms with E-state index in [4.69, 9.17) is 9.72 Å². The lowest BCUT2D eigenvalue weighted by molar-refractivity contribution is -0.151. The molecule has 1 aromatic carbocycles. The molecule has 2 aliphatic heterocycles. The molecule has 8 heteroatoms. The van der Waals surface area contributed by atoms with E-state index >= 15 is 0 Å². The molecule has 1 aromatic heterocycles. The molecule has 3 aliphatic rings. The fraction of sp³-hybridized carbons (Fsp3) is 0.333. The molecule has 29 heavy (non-hydrogen) atoms. The molecule has 148 valence electrons. The number of rotatable bonds is 2. The van der Waals surface area contributed by atoms with E-state index in [1.807, 2.05) is 6.92 Å². The standard InChI is InChI=1S/C21H18FN2O4P/c1-9-10-3-2-4-11-13-7-23-16(19(13)24-15(18(10)11)6-14(9)22)5-12-17(29-27)8-28-21(26)20(12)25/h5-6,20,23,25H,2-4,7-8H2,1H3/b16-5-. The Kier molecular flexibility index (Phi) is 4.26. The zero-order valence-corrected chi connectivity index (χ0v) is 16.6. The number of pyridine rings is 1. The van der Waals surface area contributed by atoms with Crippen molar-refractivity contribution in [3.8, 4) is 0 Å². The molecular weight excluding hydrogens is 394 g/mol. The number of cyclic esters (lactones) is 1. The van der Waals surface area contributed by atoms with Gasteiger partial charge in [0.15, 0.2) is 14.6 Å². The predicted octanol–water partition coefficient (Wildman–Crippen LogP) is 3.08. The summed E-state index contributed by atoms with van der Waals surface area (Å²) in [4.78, 5) is 16.5. The molecule has 1 atom stereocenters. The highest BCUT2D eigenvalue weighted by Crippen LogP contribution is 2.39. The molecule has 1 unspecified atom stereocenters. The number of ether oxygens (including phenoxy) is 1. The quantitative estimate of drug-likeness (QED) is 0.582. The molecule has 0 radical (unpaired) electrons. The van der Waals surface area contributed by atoms with Crippen molar-refractivity contribution in [2.75, 3.05) is 6.61 Å². The molecular formula is C21H18FN2O4P. The molecule has 2 aromatic rings. The molecule has 3 heterocycles. The number of carbonyl (C=O) groups excluding carboxylic acids is 1. The third-order valence-corrected chi connectivity index (χ3v) is 6.60. The van der Waals surface area contributed by atoms with Gasteiger partial charge in [0, 0.05) is 29.1 Å². The minimum absolute atomic E-state index is 0.128. The highest BCUT2D eigenvalue weighted by Gasteiger charge is 2.32. The van der Waals surface area contributed by atoms with Gasteiger partial charge in [-0.3, -0.25) is 4.57 Å². The number of carbonyl (C=O) groups is 1. The maximum Gasteiger partial charge on any atom is 0.340 e. The summed E-state index contributed by atoms with van der Waals surface area (Å²) >= 11 is 0. The van der Waals surface area contributed by atoms with Crippen LogP contribution < -0.4 is 5.32 Å². The van der Waals surface area contributed by atoms with Crippen LogP contribution in [0.1, 0.15) is 34.4 Å². The number of hydrogen-bond donors (Lipinski definition) is 2. The molecule has 2 N–H and O–H groups in total. The van der Waals surface area contributed by atoms with Crippen LogP contribution >= 0.6 is 8.46 Å². The Morgan fingerprint density at radius 2 is 2.14 bits per heavy atom. The Morgan fingerprint density at radius 1 is 1.34 bits per heavy atom. The van der Waals surface area contributed by atoms with Crippen molar-refractivity contribution < 1.29 is 23.6 Å². The predicted molar refractivity (Wildman–Crippen MR) is 105 cm³/mol. The maximum absolute atomic E-state index is 14.5. The third-order valence-electron chi connectivity index (χ3n) is 5.99. The van der Waals surface area contributed by atoms with Crippen LogP contribution in [0.25, 0.3) is 16.6 Å². The van der Waals surface area contributed by atoms with Crippen LogP contribution in [0, 0.1) is 12.7 Å². The second-order valence-electron chi connectivity index (χ2n) is 7.54. The van der Waals surface area contributed by atoms with Gasteiger partial charge < -0.3 is 15.2 Å². The van der Waals surface area contributed by atoms with Crippen molar-refractivity contribution in [2.45, 2.75) is 38.8 Å². The van der Waals surface area contributed by atoms with E-state index in [0.29, 0.717) is 34.3 Å². The fourth-order valence-corrected chi connectivity index (χ4v) is 4.92. The monoisotopic (exact) mass is 412 g/mol. The number of esters is 1. The lowest BCUT2D eigenvalue weighted by atomic mass is 9.85. The number of aromatic nitrogens is 1. The van der Waals surface area contributed by atoms with Gasteiger partial charge >= 0.3 is 5.97 Å². The van der Waals surface area contributed by atoms with E-state index in [-0.39, 0.29) is 26.5 Å². The topological polar surface area (TPSA) is 88.5 Å². The molecule has 6 nitrogen and oxygen atoms in total. The van der Waals surface area contributed by atoms with Crippen molar-refractivity contribution in [1.82, 2.24) is 10.3 Å². The number of aliphatic hydroxyl groups is 1. The van der Waals surface area contributed by atoms with Gasteiger partial charge in [-0.05, 0) is 49.0 Å². The van der Waals surface area contributed by atoms with Crippen molar-refractivity contribution in [1.29, 1.82) is 0 Å². The summed E-state index contributed by atoms with van der Waals surface area (Å²) in [6.07, 6.45) is 2.81. The molecule has 0 saturated carbocycles. The molecule has 0 saturated heterocycles. The highest BCUT2D eigenvalue weighted by molar-refractivity contribution is 7.29. The van der Waals surface area contributed by atoms with E-state index in [0.717, 1.165) is 35.8 Å². The van der Waals surface area contributed by atoms with E-state index in [9.17, 15) is 18.9 Å². The Balaban J connectivity index is 1.72. The van der Waals surface area contributed by atoms with E-state index in [1.165, 1.54) is 11.6 Å². The summed E-state index contributed by atoms with van der Waals surface area (Å²) in [5.74, 6) is -1.03. The summed E-state index contributed by atoms with van der Waals surface area (Å²) < 4.78 is 30.8. The number of fused-ring (bicyclic) bond motifs is 2. The first-order chi connectivity index (χ1) is 14.0. The van der Waals surface area contributed by atoms with Crippen LogP contribution in [0.15, 0.2) is 23.0 Å². The zero-order valence-electron chi connectivity index (χ0n) is 15.7. The lowest BCUT2D eigenvalue weighted by Gasteiger charge is -2.22. The Bertz CT molecular complexity index is 1170. The maximum atomic E-state index is 14.5. The van der Waals surface area contributed by atoms with Crippen molar-refractivity contribution >= 4 is 31.0 Å². The zero-order chi connectivity index (χ0) is 20.3. The average molecular weight is 412 g/mol. The SMILES string of the molecule is Cc1c(F)cc2nc3c(c4c2c1CCC4)CN/C3=C\C1=C(P=O)COC(=O)C1O. The summed E-state index contributed by atoms with van der Waals surface area (Å²) in [5.41, 5.74) is 6.14. The number of aliphatic hydroxyl groups excluding tert-OH is 1. The molecule has 5 rings (SSSR count). The average Bonchev–Trinajstić information content (AvgIpc) is 3.12. The first kappa shape index (κ1) is 18.4. The summed E-state index contributed by atoms with van der Waals surface area (Å²) in [5, 5.41) is 14.9. The number of benzene rings is 1. The normalized spacial score (nSPS) is 22.2. The molecule has 0 bridgehead atoms. The van der Waals surface area contributed by atoms with Crippen molar-refractivity contribution in [3.63, 3.8) is 0 Å². The Morgan fingerprint density at radius 3 is 2.93 bits per heavy atom. The van der Waals surface area contributed by atoms with Gasteiger partial charge in [-0.15, -0.1) is 0 Å². The number of nitrogens with one attached hydrogen (secondary N) is 1. The molecule has 0 amide bonds. The van der Waals surface area contributed by atoms with Gasteiger partial charge in [0.25, 0.3) is 0 Å². The lowest BCUT2D eigenvalue weighted by Crippen LogP contribution is -2.30. The number of nitrogens with zero attached hydrogens (tertiary/aromatic N) is 1. The molecule has 1 aliphatic carbocycles.